The number of H-pyrrole nitrogens is 1. The Labute approximate surface area is 161 Å². The first-order chi connectivity index (χ1) is 13.3. The Kier molecular flexibility index (Phi) is 4.29. The van der Waals surface area contributed by atoms with Gasteiger partial charge in [0.05, 0.1) is 0 Å². The molecule has 2 aliphatic heterocycles. The minimum absolute atomic E-state index is 0.569. The van der Waals surface area contributed by atoms with Crippen molar-refractivity contribution in [1.82, 2.24) is 9.88 Å². The molecule has 1 fully saturated rings. The van der Waals surface area contributed by atoms with Crippen LogP contribution < -0.4 is 10.2 Å². The Hall–Kier alpha value is -2.46. The van der Waals surface area contributed by atoms with Crippen LogP contribution in [0.25, 0.3) is 10.9 Å². The van der Waals surface area contributed by atoms with E-state index >= 15 is 0 Å². The lowest BCUT2D eigenvalue weighted by Crippen LogP contribution is -2.50. The summed E-state index contributed by atoms with van der Waals surface area (Å²) in [7, 11) is 0. The molecule has 1 unspecified atom stereocenters. The van der Waals surface area contributed by atoms with E-state index in [0.29, 0.717) is 6.04 Å². The topological polar surface area (TPSA) is 34.3 Å². The first-order valence-corrected chi connectivity index (χ1v) is 10.2. The molecule has 27 heavy (non-hydrogen) atoms. The monoisotopic (exact) mass is 360 g/mol. The third-order valence-electron chi connectivity index (χ3n) is 6.15. The minimum Gasteiger partial charge on any atom is -0.381 e. The van der Waals surface area contributed by atoms with Crippen molar-refractivity contribution in [2.45, 2.75) is 25.8 Å². The predicted molar refractivity (Wildman–Crippen MR) is 114 cm³/mol. The van der Waals surface area contributed by atoms with Crippen molar-refractivity contribution in [2.75, 3.05) is 42.9 Å². The normalized spacial score (nSPS) is 20.5. The number of nitrogens with one attached hydrogen (secondary N) is 2. The van der Waals surface area contributed by atoms with Crippen molar-refractivity contribution in [1.29, 1.82) is 0 Å². The fourth-order valence-corrected chi connectivity index (χ4v) is 4.66. The summed E-state index contributed by atoms with van der Waals surface area (Å²) in [5.41, 5.74) is 6.79. The van der Waals surface area contributed by atoms with Crippen LogP contribution in [0.3, 0.4) is 0 Å². The van der Waals surface area contributed by atoms with E-state index in [1.165, 1.54) is 46.2 Å². The lowest BCUT2D eigenvalue weighted by molar-refractivity contribution is 0.243. The highest BCUT2D eigenvalue weighted by Crippen LogP contribution is 2.28. The fraction of sp³-hybridized carbons (Fsp3) is 0.391. The molecule has 1 saturated heterocycles. The van der Waals surface area contributed by atoms with Crippen LogP contribution in [0, 0.1) is 6.92 Å². The first-order valence-electron chi connectivity index (χ1n) is 10.2. The summed E-state index contributed by atoms with van der Waals surface area (Å²) in [4.78, 5) is 8.50. The molecule has 0 amide bonds. The largest absolute Gasteiger partial charge is 0.381 e. The number of aryl methyl sites for hydroxylation is 2. The van der Waals surface area contributed by atoms with Crippen molar-refractivity contribution in [3.63, 3.8) is 0 Å². The molecule has 3 aromatic rings. The van der Waals surface area contributed by atoms with Crippen molar-refractivity contribution in [2.24, 2.45) is 0 Å². The molecule has 0 radical (unpaired) electrons. The number of hydrogen-bond donors (Lipinski definition) is 2. The van der Waals surface area contributed by atoms with Gasteiger partial charge in [0.1, 0.15) is 0 Å². The van der Waals surface area contributed by atoms with Crippen LogP contribution in [0.4, 0.5) is 11.4 Å². The van der Waals surface area contributed by atoms with Gasteiger partial charge in [0, 0.05) is 67.2 Å². The van der Waals surface area contributed by atoms with Crippen molar-refractivity contribution in [3.8, 4) is 0 Å². The van der Waals surface area contributed by atoms with Gasteiger partial charge in [0.15, 0.2) is 0 Å². The highest BCUT2D eigenvalue weighted by Gasteiger charge is 2.24. The number of hydrogen-bond acceptors (Lipinski definition) is 3. The Morgan fingerprint density at radius 3 is 2.81 bits per heavy atom. The molecule has 0 bridgehead atoms. The zero-order valence-electron chi connectivity index (χ0n) is 16.0. The summed E-state index contributed by atoms with van der Waals surface area (Å²) >= 11 is 0. The van der Waals surface area contributed by atoms with Crippen LogP contribution in [-0.2, 0) is 6.42 Å². The number of anilines is 2. The van der Waals surface area contributed by atoms with E-state index in [2.05, 4.69) is 69.5 Å². The maximum atomic E-state index is 3.78. The molecule has 140 valence electrons. The Morgan fingerprint density at radius 2 is 1.93 bits per heavy atom. The summed E-state index contributed by atoms with van der Waals surface area (Å²) in [6.45, 7) is 7.81. The summed E-state index contributed by atoms with van der Waals surface area (Å²) in [5.74, 6) is 0. The molecule has 3 heterocycles. The number of rotatable bonds is 3. The van der Waals surface area contributed by atoms with Crippen LogP contribution in [0.15, 0.2) is 48.7 Å². The molecule has 2 aliphatic rings. The maximum absolute atomic E-state index is 3.78. The van der Waals surface area contributed by atoms with Gasteiger partial charge in [-0.05, 0) is 49.6 Å². The quantitative estimate of drug-likeness (QED) is 0.740. The van der Waals surface area contributed by atoms with Crippen LogP contribution in [-0.4, -0.2) is 48.6 Å². The zero-order chi connectivity index (χ0) is 18.2. The molecule has 0 aliphatic carbocycles. The van der Waals surface area contributed by atoms with Crippen molar-refractivity contribution < 1.29 is 0 Å². The second-order valence-electron chi connectivity index (χ2n) is 8.04. The average Bonchev–Trinajstić information content (AvgIpc) is 3.18. The molecule has 2 N–H and O–H groups in total. The lowest BCUT2D eigenvalue weighted by Gasteiger charge is -2.39. The molecule has 4 nitrogen and oxygen atoms in total. The second-order valence-corrected chi connectivity index (χ2v) is 8.04. The van der Waals surface area contributed by atoms with Gasteiger partial charge in [-0.25, -0.2) is 0 Å². The van der Waals surface area contributed by atoms with Crippen LogP contribution in [0.1, 0.15) is 17.5 Å². The van der Waals surface area contributed by atoms with E-state index in [4.69, 9.17) is 0 Å². The third-order valence-corrected chi connectivity index (χ3v) is 6.15. The summed E-state index contributed by atoms with van der Waals surface area (Å²) in [6.07, 6.45) is 4.47. The standard InChI is InChI=1S/C23H28N4/c1-17-5-8-21-18(15-17)6-7-19(25-21)16-26-11-13-27(14-12-26)23-4-2-3-22-20(23)9-10-24-22/h2-5,8-10,15,19,24-25H,6-7,11-14,16H2,1H3. The Bertz CT molecular complexity index is 936. The van der Waals surface area contributed by atoms with Gasteiger partial charge in [-0.1, -0.05) is 23.8 Å². The van der Waals surface area contributed by atoms with Gasteiger partial charge < -0.3 is 15.2 Å². The van der Waals surface area contributed by atoms with Crippen LogP contribution in [0.5, 0.6) is 0 Å². The number of benzene rings is 2. The molecule has 1 atom stereocenters. The molecule has 0 saturated carbocycles. The maximum Gasteiger partial charge on any atom is 0.0474 e. The van der Waals surface area contributed by atoms with Crippen molar-refractivity contribution >= 4 is 22.3 Å². The first kappa shape index (κ1) is 16.7. The summed E-state index contributed by atoms with van der Waals surface area (Å²) < 4.78 is 0. The predicted octanol–water partition coefficient (Wildman–Crippen LogP) is 4.03. The molecular formula is C23H28N4. The summed E-state index contributed by atoms with van der Waals surface area (Å²) in [5, 5.41) is 5.12. The Balaban J connectivity index is 1.20. The molecule has 5 rings (SSSR count). The zero-order valence-corrected chi connectivity index (χ0v) is 16.0. The van der Waals surface area contributed by atoms with Gasteiger partial charge >= 0.3 is 0 Å². The second kappa shape index (κ2) is 6.93. The molecule has 2 aromatic carbocycles. The van der Waals surface area contributed by atoms with Crippen LogP contribution >= 0.6 is 0 Å². The number of fused-ring (bicyclic) bond motifs is 2. The van der Waals surface area contributed by atoms with Crippen LogP contribution in [0.2, 0.25) is 0 Å². The molecule has 4 heteroatoms. The highest BCUT2D eigenvalue weighted by atomic mass is 15.3. The summed E-state index contributed by atoms with van der Waals surface area (Å²) in [6, 6.07) is 16.1. The molecular weight excluding hydrogens is 332 g/mol. The number of nitrogens with zero attached hydrogens (tertiary/aromatic N) is 2. The molecule has 0 spiro atoms. The number of aromatic amines is 1. The fourth-order valence-electron chi connectivity index (χ4n) is 4.66. The number of piperazine rings is 1. The molecule has 1 aromatic heterocycles. The van der Waals surface area contributed by atoms with Gasteiger partial charge in [-0.15, -0.1) is 0 Å². The van der Waals surface area contributed by atoms with E-state index in [1.54, 1.807) is 0 Å². The minimum atomic E-state index is 0.569. The third kappa shape index (κ3) is 3.30. The van der Waals surface area contributed by atoms with E-state index in [1.807, 2.05) is 6.20 Å². The van der Waals surface area contributed by atoms with E-state index in [0.717, 1.165) is 32.7 Å². The van der Waals surface area contributed by atoms with E-state index in [-0.39, 0.29) is 0 Å². The lowest BCUT2D eigenvalue weighted by atomic mass is 9.96. The van der Waals surface area contributed by atoms with Gasteiger partial charge in [-0.2, -0.15) is 0 Å². The van der Waals surface area contributed by atoms with Gasteiger partial charge in [-0.3, -0.25) is 4.90 Å². The van der Waals surface area contributed by atoms with E-state index in [9.17, 15) is 0 Å². The smallest absolute Gasteiger partial charge is 0.0474 e. The number of aromatic nitrogens is 1. The van der Waals surface area contributed by atoms with Gasteiger partial charge in [0.2, 0.25) is 0 Å². The highest BCUT2D eigenvalue weighted by molar-refractivity contribution is 5.92. The van der Waals surface area contributed by atoms with Gasteiger partial charge in [0.25, 0.3) is 0 Å². The van der Waals surface area contributed by atoms with E-state index < -0.39 is 0 Å². The SMILES string of the molecule is Cc1ccc2c(c1)CCC(CN1CCN(c3cccc4[nH]ccc34)CC1)N2. The average molecular weight is 361 g/mol. The Morgan fingerprint density at radius 1 is 1.04 bits per heavy atom. The van der Waals surface area contributed by atoms with Crippen molar-refractivity contribution in [3.05, 3.63) is 59.8 Å².